The van der Waals surface area contributed by atoms with E-state index in [1.54, 1.807) is 30.6 Å². The Labute approximate surface area is 206 Å². The number of methoxy groups -OCH3 is 2. The fraction of sp³-hybridized carbons (Fsp3) is 0.240. The van der Waals surface area contributed by atoms with Gasteiger partial charge in [-0.1, -0.05) is 36.0 Å². The number of benzene rings is 2. The lowest BCUT2D eigenvalue weighted by molar-refractivity contribution is -0.130. The Bertz CT molecular complexity index is 1360. The van der Waals surface area contributed by atoms with Crippen molar-refractivity contribution in [2.24, 2.45) is 12.1 Å². The molecule has 3 heterocycles. The molecule has 1 aliphatic rings. The molecule has 0 saturated carbocycles. The number of aryl methyl sites for hydroxylation is 1. The van der Waals surface area contributed by atoms with Crippen molar-refractivity contribution in [2.45, 2.75) is 17.6 Å². The molecule has 2 aromatic heterocycles. The summed E-state index contributed by atoms with van der Waals surface area (Å²) >= 11 is 3.05. The third-order valence-corrected chi connectivity index (χ3v) is 7.77. The summed E-state index contributed by atoms with van der Waals surface area (Å²) in [6.45, 7) is 0. The number of carbonyl (C=O) groups excluding carboxylic acids is 1. The number of amides is 1. The minimum Gasteiger partial charge on any atom is -0.493 e. The van der Waals surface area contributed by atoms with Gasteiger partial charge in [0.15, 0.2) is 16.7 Å². The average Bonchev–Trinajstić information content (AvgIpc) is 3.61. The van der Waals surface area contributed by atoms with E-state index in [2.05, 4.69) is 4.98 Å². The Balaban J connectivity index is 1.42. The number of imidazole rings is 1. The van der Waals surface area contributed by atoms with Crippen LogP contribution in [0.2, 0.25) is 0 Å². The molecule has 0 saturated heterocycles. The summed E-state index contributed by atoms with van der Waals surface area (Å²) < 4.78 is 12.9. The first-order chi connectivity index (χ1) is 16.6. The van der Waals surface area contributed by atoms with Gasteiger partial charge < -0.3 is 14.0 Å². The van der Waals surface area contributed by atoms with Gasteiger partial charge in [-0.3, -0.25) is 4.79 Å². The summed E-state index contributed by atoms with van der Waals surface area (Å²) in [6.07, 6.45) is 0.638. The van der Waals surface area contributed by atoms with Crippen molar-refractivity contribution in [1.82, 2.24) is 14.6 Å². The van der Waals surface area contributed by atoms with E-state index in [4.69, 9.17) is 14.6 Å². The van der Waals surface area contributed by atoms with Crippen molar-refractivity contribution in [1.29, 1.82) is 0 Å². The van der Waals surface area contributed by atoms with Crippen LogP contribution in [-0.2, 0) is 11.8 Å². The minimum atomic E-state index is -0.217. The van der Waals surface area contributed by atoms with E-state index >= 15 is 0 Å². The number of thioether (sulfide) groups is 1. The Kier molecular flexibility index (Phi) is 6.30. The van der Waals surface area contributed by atoms with Crippen LogP contribution in [0.25, 0.3) is 11.0 Å². The molecule has 5 rings (SSSR count). The first-order valence-electron chi connectivity index (χ1n) is 10.8. The molecule has 0 spiro atoms. The van der Waals surface area contributed by atoms with Gasteiger partial charge in [0.1, 0.15) is 0 Å². The standard InChI is InChI=1S/C25H24N4O3S2/c1-28-19-8-5-4-7-17(19)26-25(28)34-15-24(30)29-20(14-18(27-29)23-9-6-12-33-23)16-10-11-21(31-2)22(13-16)32-3/h4-13,20H,14-15H2,1-3H3/t20-/m1/s1. The minimum absolute atomic E-state index is 0.0663. The van der Waals surface area contributed by atoms with Crippen LogP contribution in [-0.4, -0.2) is 46.2 Å². The number of carbonyl (C=O) groups is 1. The van der Waals surface area contributed by atoms with Crippen LogP contribution in [0.4, 0.5) is 0 Å². The molecule has 0 bridgehead atoms. The zero-order valence-electron chi connectivity index (χ0n) is 19.1. The third kappa shape index (κ3) is 4.17. The van der Waals surface area contributed by atoms with Crippen molar-refractivity contribution in [2.75, 3.05) is 20.0 Å². The zero-order valence-corrected chi connectivity index (χ0v) is 20.7. The molecule has 0 radical (unpaired) electrons. The van der Waals surface area contributed by atoms with Gasteiger partial charge >= 0.3 is 0 Å². The second-order valence-electron chi connectivity index (χ2n) is 7.83. The van der Waals surface area contributed by atoms with Crippen LogP contribution >= 0.6 is 23.1 Å². The van der Waals surface area contributed by atoms with E-state index in [-0.39, 0.29) is 17.7 Å². The highest BCUT2D eigenvalue weighted by Crippen LogP contribution is 2.38. The van der Waals surface area contributed by atoms with Gasteiger partial charge in [-0.05, 0) is 41.3 Å². The lowest BCUT2D eigenvalue weighted by atomic mass is 10.0. The van der Waals surface area contributed by atoms with Crippen molar-refractivity contribution >= 4 is 45.8 Å². The molecule has 7 nitrogen and oxygen atoms in total. The normalized spacial score (nSPS) is 15.6. The second kappa shape index (κ2) is 9.52. The van der Waals surface area contributed by atoms with Gasteiger partial charge in [0.2, 0.25) is 0 Å². The number of aromatic nitrogens is 2. The number of rotatable bonds is 7. The number of fused-ring (bicyclic) bond motifs is 1. The smallest absolute Gasteiger partial charge is 0.253 e. The SMILES string of the molecule is COc1ccc([C@H]2CC(c3cccs3)=NN2C(=O)CSc2nc3ccccc3n2C)cc1OC. The Hall–Kier alpha value is -3.30. The topological polar surface area (TPSA) is 69.0 Å². The lowest BCUT2D eigenvalue weighted by Crippen LogP contribution is -2.28. The molecule has 4 aromatic rings. The van der Waals surface area contributed by atoms with Crippen LogP contribution < -0.4 is 9.47 Å². The second-order valence-corrected chi connectivity index (χ2v) is 9.72. The van der Waals surface area contributed by atoms with Crippen molar-refractivity contribution in [3.63, 3.8) is 0 Å². The average molecular weight is 493 g/mol. The van der Waals surface area contributed by atoms with Gasteiger partial charge in [-0.2, -0.15) is 5.10 Å². The van der Waals surface area contributed by atoms with E-state index in [0.717, 1.165) is 32.3 Å². The monoisotopic (exact) mass is 492 g/mol. The molecule has 174 valence electrons. The van der Waals surface area contributed by atoms with Crippen LogP contribution in [0.1, 0.15) is 22.9 Å². The van der Waals surface area contributed by atoms with Crippen LogP contribution in [0.3, 0.4) is 0 Å². The van der Waals surface area contributed by atoms with Crippen LogP contribution in [0, 0.1) is 0 Å². The molecule has 9 heteroatoms. The highest BCUT2D eigenvalue weighted by Gasteiger charge is 2.34. The number of hydrogen-bond acceptors (Lipinski definition) is 7. The summed E-state index contributed by atoms with van der Waals surface area (Å²) in [7, 11) is 5.19. The number of hydrogen-bond donors (Lipinski definition) is 0. The number of thiophene rings is 1. The summed E-state index contributed by atoms with van der Waals surface area (Å²) in [5.74, 6) is 1.45. The summed E-state index contributed by atoms with van der Waals surface area (Å²) in [5, 5.41) is 9.21. The molecule has 0 fully saturated rings. The van der Waals surface area contributed by atoms with Gasteiger partial charge in [0.05, 0.1) is 47.6 Å². The van der Waals surface area contributed by atoms with Crippen molar-refractivity contribution < 1.29 is 14.3 Å². The maximum atomic E-state index is 13.4. The Morgan fingerprint density at radius 2 is 1.94 bits per heavy atom. The molecule has 0 aliphatic carbocycles. The largest absolute Gasteiger partial charge is 0.493 e. The van der Waals surface area contributed by atoms with Gasteiger partial charge in [-0.25, -0.2) is 9.99 Å². The molecule has 2 aromatic carbocycles. The maximum Gasteiger partial charge on any atom is 0.253 e. The highest BCUT2D eigenvalue weighted by atomic mass is 32.2. The van der Waals surface area contributed by atoms with E-state index in [1.807, 2.05) is 71.6 Å². The van der Waals surface area contributed by atoms with Crippen LogP contribution in [0.5, 0.6) is 11.5 Å². The lowest BCUT2D eigenvalue weighted by Gasteiger charge is -2.22. The first kappa shape index (κ1) is 22.5. The zero-order chi connectivity index (χ0) is 23.7. The molecule has 0 unspecified atom stereocenters. The molecule has 34 heavy (non-hydrogen) atoms. The predicted octanol–water partition coefficient (Wildman–Crippen LogP) is 5.12. The van der Waals surface area contributed by atoms with E-state index in [0.29, 0.717) is 17.9 Å². The molecule has 1 aliphatic heterocycles. The first-order valence-corrected chi connectivity index (χ1v) is 12.6. The van der Waals surface area contributed by atoms with E-state index < -0.39 is 0 Å². The Morgan fingerprint density at radius 1 is 1.12 bits per heavy atom. The molecule has 0 N–H and O–H groups in total. The van der Waals surface area contributed by atoms with E-state index in [1.165, 1.54) is 11.8 Å². The van der Waals surface area contributed by atoms with E-state index in [9.17, 15) is 4.79 Å². The molecular weight excluding hydrogens is 468 g/mol. The number of para-hydroxylation sites is 2. The molecular formula is C25H24N4O3S2. The van der Waals surface area contributed by atoms with Gasteiger partial charge in [0, 0.05) is 13.5 Å². The fourth-order valence-electron chi connectivity index (χ4n) is 4.10. The van der Waals surface area contributed by atoms with Crippen molar-refractivity contribution in [3.8, 4) is 11.5 Å². The highest BCUT2D eigenvalue weighted by molar-refractivity contribution is 7.99. The Morgan fingerprint density at radius 3 is 2.68 bits per heavy atom. The van der Waals surface area contributed by atoms with Gasteiger partial charge in [-0.15, -0.1) is 11.3 Å². The third-order valence-electron chi connectivity index (χ3n) is 5.83. The predicted molar refractivity (Wildman–Crippen MR) is 136 cm³/mol. The summed E-state index contributed by atoms with van der Waals surface area (Å²) in [4.78, 5) is 19.2. The number of nitrogens with zero attached hydrogens (tertiary/aromatic N) is 4. The number of ether oxygens (including phenoxy) is 2. The fourth-order valence-corrected chi connectivity index (χ4v) is 5.66. The van der Waals surface area contributed by atoms with Crippen LogP contribution in [0.15, 0.2) is 70.2 Å². The van der Waals surface area contributed by atoms with Gasteiger partial charge in [0.25, 0.3) is 5.91 Å². The summed E-state index contributed by atoms with van der Waals surface area (Å²) in [5.41, 5.74) is 3.83. The molecule has 1 amide bonds. The number of hydrazone groups is 1. The maximum absolute atomic E-state index is 13.4. The molecule has 1 atom stereocenters. The van der Waals surface area contributed by atoms with Crippen molar-refractivity contribution in [3.05, 3.63) is 70.4 Å². The quantitative estimate of drug-likeness (QED) is 0.335. The summed E-state index contributed by atoms with van der Waals surface area (Å²) in [6, 6.07) is 17.5.